The van der Waals surface area contributed by atoms with Gasteiger partial charge in [-0.25, -0.2) is 0 Å². The summed E-state index contributed by atoms with van der Waals surface area (Å²) in [6.45, 7) is 5.19. The average Bonchev–Trinajstić information content (AvgIpc) is 1.89. The summed E-state index contributed by atoms with van der Waals surface area (Å²) in [5, 5.41) is 8.49. The summed E-state index contributed by atoms with van der Waals surface area (Å²) < 4.78 is 0. The van der Waals surface area contributed by atoms with Gasteiger partial charge in [-0.3, -0.25) is 4.99 Å². The minimum atomic E-state index is 0.0987. The summed E-state index contributed by atoms with van der Waals surface area (Å²) in [5.74, 6) is 0. The van der Waals surface area contributed by atoms with Gasteiger partial charge in [-0.2, -0.15) is 0 Å². The molecule has 0 bridgehead atoms. The molecule has 0 aliphatic rings. The Morgan fingerprint density at radius 3 is 2.89 bits per heavy atom. The molecule has 9 heavy (non-hydrogen) atoms. The van der Waals surface area contributed by atoms with Crippen molar-refractivity contribution >= 4 is 6.72 Å². The summed E-state index contributed by atoms with van der Waals surface area (Å²) in [4.78, 5) is 3.49. The SMILES string of the molecule is C=NC=CC=C(C)CO. The van der Waals surface area contributed by atoms with Gasteiger partial charge in [-0.15, -0.1) is 0 Å². The predicted octanol–water partition coefficient (Wildman–Crippen LogP) is 1.14. The Morgan fingerprint density at radius 2 is 2.44 bits per heavy atom. The summed E-state index contributed by atoms with van der Waals surface area (Å²) in [5.41, 5.74) is 0.912. The molecule has 0 fully saturated rings. The maximum Gasteiger partial charge on any atom is 0.0642 e. The molecule has 2 heteroatoms. The van der Waals surface area contributed by atoms with E-state index in [9.17, 15) is 0 Å². The van der Waals surface area contributed by atoms with Gasteiger partial charge >= 0.3 is 0 Å². The monoisotopic (exact) mass is 125 g/mol. The van der Waals surface area contributed by atoms with Gasteiger partial charge < -0.3 is 5.11 Å². The quantitative estimate of drug-likeness (QED) is 0.445. The first kappa shape index (κ1) is 8.11. The van der Waals surface area contributed by atoms with E-state index >= 15 is 0 Å². The Labute approximate surface area is 55.2 Å². The van der Waals surface area contributed by atoms with Crippen molar-refractivity contribution in [2.75, 3.05) is 6.61 Å². The molecule has 0 aliphatic carbocycles. The van der Waals surface area contributed by atoms with Crippen LogP contribution < -0.4 is 0 Å². The van der Waals surface area contributed by atoms with Crippen LogP contribution in [0.15, 0.2) is 28.9 Å². The normalized spacial score (nSPS) is 12.4. The molecule has 0 aromatic heterocycles. The highest BCUT2D eigenvalue weighted by atomic mass is 16.3. The molecule has 0 aromatic rings. The van der Waals surface area contributed by atoms with Gasteiger partial charge in [-0.05, 0) is 25.3 Å². The zero-order valence-electron chi connectivity index (χ0n) is 5.54. The lowest BCUT2D eigenvalue weighted by Gasteiger charge is -1.86. The van der Waals surface area contributed by atoms with Crippen LogP contribution in [0.1, 0.15) is 6.92 Å². The van der Waals surface area contributed by atoms with Gasteiger partial charge in [0.1, 0.15) is 0 Å². The third-order valence-electron chi connectivity index (χ3n) is 0.822. The Hall–Kier alpha value is -0.890. The van der Waals surface area contributed by atoms with Gasteiger partial charge in [0.15, 0.2) is 0 Å². The van der Waals surface area contributed by atoms with E-state index < -0.39 is 0 Å². The number of aliphatic hydroxyl groups is 1. The number of nitrogens with zero attached hydrogens (tertiary/aromatic N) is 1. The van der Waals surface area contributed by atoms with Crippen LogP contribution >= 0.6 is 0 Å². The molecule has 1 N–H and O–H groups in total. The fourth-order valence-corrected chi connectivity index (χ4v) is 0.321. The molecule has 0 rings (SSSR count). The zero-order valence-corrected chi connectivity index (χ0v) is 5.54. The van der Waals surface area contributed by atoms with Crippen LogP contribution in [-0.2, 0) is 0 Å². The third-order valence-corrected chi connectivity index (χ3v) is 0.822. The van der Waals surface area contributed by atoms with E-state index in [-0.39, 0.29) is 6.61 Å². The molecule has 0 spiro atoms. The highest BCUT2D eigenvalue weighted by molar-refractivity contribution is 5.26. The van der Waals surface area contributed by atoms with E-state index in [1.165, 1.54) is 0 Å². The molecule has 0 saturated heterocycles. The zero-order chi connectivity index (χ0) is 7.11. The number of hydrogen-bond acceptors (Lipinski definition) is 2. The first-order valence-corrected chi connectivity index (χ1v) is 2.70. The number of allylic oxidation sites excluding steroid dienone is 2. The molecule has 0 heterocycles. The fourth-order valence-electron chi connectivity index (χ4n) is 0.321. The lowest BCUT2D eigenvalue weighted by Crippen LogP contribution is -1.80. The first-order valence-electron chi connectivity index (χ1n) is 2.70. The lowest BCUT2D eigenvalue weighted by molar-refractivity contribution is 0.331. The van der Waals surface area contributed by atoms with Gasteiger partial charge in [0, 0.05) is 6.20 Å². The van der Waals surface area contributed by atoms with E-state index in [0.29, 0.717) is 0 Å². The van der Waals surface area contributed by atoms with E-state index in [2.05, 4.69) is 11.7 Å². The summed E-state index contributed by atoms with van der Waals surface area (Å²) in [6.07, 6.45) is 5.09. The third kappa shape index (κ3) is 4.97. The highest BCUT2D eigenvalue weighted by Crippen LogP contribution is 1.89. The minimum absolute atomic E-state index is 0.0987. The van der Waals surface area contributed by atoms with Crippen molar-refractivity contribution in [1.29, 1.82) is 0 Å². The second-order valence-corrected chi connectivity index (χ2v) is 1.70. The highest BCUT2D eigenvalue weighted by Gasteiger charge is 1.77. The van der Waals surface area contributed by atoms with Crippen LogP contribution in [-0.4, -0.2) is 18.4 Å². The summed E-state index contributed by atoms with van der Waals surface area (Å²) >= 11 is 0. The largest absolute Gasteiger partial charge is 0.392 e. The van der Waals surface area contributed by atoms with Gasteiger partial charge in [-0.1, -0.05) is 6.08 Å². The molecule has 0 atom stereocenters. The Morgan fingerprint density at radius 1 is 1.78 bits per heavy atom. The van der Waals surface area contributed by atoms with Crippen molar-refractivity contribution in [1.82, 2.24) is 0 Å². The molecular weight excluding hydrogens is 114 g/mol. The maximum absolute atomic E-state index is 8.49. The van der Waals surface area contributed by atoms with Crippen LogP contribution in [0.5, 0.6) is 0 Å². The van der Waals surface area contributed by atoms with Crippen LogP contribution in [0.3, 0.4) is 0 Å². The van der Waals surface area contributed by atoms with Crippen molar-refractivity contribution in [2.24, 2.45) is 4.99 Å². The minimum Gasteiger partial charge on any atom is -0.392 e. The van der Waals surface area contributed by atoms with E-state index in [1.54, 1.807) is 18.4 Å². The van der Waals surface area contributed by atoms with Crippen molar-refractivity contribution < 1.29 is 5.11 Å². The molecular formula is C7H11NO. The van der Waals surface area contributed by atoms with Crippen LogP contribution in [0.2, 0.25) is 0 Å². The summed E-state index contributed by atoms with van der Waals surface area (Å²) in [6, 6.07) is 0. The second-order valence-electron chi connectivity index (χ2n) is 1.70. The lowest BCUT2D eigenvalue weighted by atomic mass is 10.3. The fraction of sp³-hybridized carbons (Fsp3) is 0.286. The Balaban J connectivity index is 3.67. The molecule has 0 radical (unpaired) electrons. The molecule has 0 aliphatic heterocycles. The molecule has 50 valence electrons. The average molecular weight is 125 g/mol. The van der Waals surface area contributed by atoms with Gasteiger partial charge in [0.25, 0.3) is 0 Å². The Kier molecular flexibility index (Phi) is 4.73. The van der Waals surface area contributed by atoms with Gasteiger partial charge in [0.05, 0.1) is 6.61 Å². The molecule has 0 aromatic carbocycles. The molecule has 0 amide bonds. The van der Waals surface area contributed by atoms with Crippen molar-refractivity contribution in [2.45, 2.75) is 6.92 Å². The van der Waals surface area contributed by atoms with Gasteiger partial charge in [0.2, 0.25) is 0 Å². The van der Waals surface area contributed by atoms with E-state index in [1.807, 2.05) is 6.92 Å². The number of hydrogen-bond donors (Lipinski definition) is 1. The van der Waals surface area contributed by atoms with Crippen LogP contribution in [0.25, 0.3) is 0 Å². The molecule has 0 saturated carbocycles. The summed E-state index contributed by atoms with van der Waals surface area (Å²) in [7, 11) is 0. The smallest absolute Gasteiger partial charge is 0.0642 e. The van der Waals surface area contributed by atoms with E-state index in [4.69, 9.17) is 5.11 Å². The van der Waals surface area contributed by atoms with Crippen LogP contribution in [0.4, 0.5) is 0 Å². The second kappa shape index (κ2) is 5.25. The first-order chi connectivity index (χ1) is 4.31. The van der Waals surface area contributed by atoms with Crippen LogP contribution in [0, 0.1) is 0 Å². The number of rotatable bonds is 3. The molecule has 2 nitrogen and oxygen atoms in total. The van der Waals surface area contributed by atoms with E-state index in [0.717, 1.165) is 5.57 Å². The number of aliphatic imine (C=N–C) groups is 1. The predicted molar refractivity (Wildman–Crippen MR) is 39.5 cm³/mol. The maximum atomic E-state index is 8.49. The van der Waals surface area contributed by atoms with Crippen molar-refractivity contribution in [3.8, 4) is 0 Å². The van der Waals surface area contributed by atoms with Crippen molar-refractivity contribution in [3.63, 3.8) is 0 Å². The topological polar surface area (TPSA) is 32.6 Å². The molecule has 0 unspecified atom stereocenters. The Bertz CT molecular complexity index is 136. The van der Waals surface area contributed by atoms with Crippen molar-refractivity contribution in [3.05, 3.63) is 23.9 Å². The standard InChI is InChI=1S/C7H11NO/c1-7(6-9)4-3-5-8-2/h3-5,9H,2,6H2,1H3. The number of aliphatic hydroxyl groups excluding tert-OH is 1.